The summed E-state index contributed by atoms with van der Waals surface area (Å²) in [7, 11) is -3.41. The van der Waals surface area contributed by atoms with Gasteiger partial charge < -0.3 is 11.0 Å². The molecule has 0 fully saturated rings. The van der Waals surface area contributed by atoms with E-state index >= 15 is 0 Å². The molecule has 2 radical (unpaired) electrons. The van der Waals surface area contributed by atoms with Gasteiger partial charge in [-0.25, -0.2) is 0 Å². The molecule has 0 amide bonds. The molecule has 16 rings (SSSR count). The van der Waals surface area contributed by atoms with Crippen molar-refractivity contribution in [1.29, 1.82) is 0 Å². The first-order valence-corrected chi connectivity index (χ1v) is 36.8. The van der Waals surface area contributed by atoms with Crippen LogP contribution in [0.25, 0.3) is 65.3 Å². The number of rotatable bonds is 14. The Morgan fingerprint density at radius 3 is 0.427 bits per heavy atom. The molecule has 0 saturated carbocycles. The van der Waals surface area contributed by atoms with Crippen molar-refractivity contribution < 1.29 is 49.9 Å². The molecule has 8 heteroatoms. The minimum absolute atomic E-state index is 0. The zero-order valence-corrected chi connectivity index (χ0v) is 59.3. The summed E-state index contributed by atoms with van der Waals surface area (Å²) in [6.45, 7) is 0. The van der Waals surface area contributed by atoms with Crippen molar-refractivity contribution >= 4 is 138 Å². The Morgan fingerprint density at radius 2 is 0.271 bits per heavy atom. The van der Waals surface area contributed by atoms with Gasteiger partial charge in [-0.2, -0.15) is 0 Å². The third-order valence-electron chi connectivity index (χ3n) is 17.2. The van der Waals surface area contributed by atoms with E-state index in [-0.39, 0.29) is 49.9 Å². The molecule has 0 aromatic heterocycles. The normalized spacial score (nSPS) is 11.0. The minimum atomic E-state index is -0.852. The fraction of sp³-hybridized carbons (Fsp3) is 0. The molecular weight excluding hydrogens is 1420 g/mol. The van der Waals surface area contributed by atoms with Gasteiger partial charge in [-0.05, 0) is 161 Å². The molecule has 0 aliphatic carbocycles. The third kappa shape index (κ3) is 14.2. The van der Waals surface area contributed by atoms with Gasteiger partial charge in [-0.3, -0.25) is 0 Å². The van der Waals surface area contributed by atoms with Crippen molar-refractivity contribution in [3.05, 3.63) is 388 Å². The Balaban J connectivity index is 0.000000187. The van der Waals surface area contributed by atoms with Crippen LogP contribution in [0.3, 0.4) is 0 Å². The average Bonchev–Trinajstić information content (AvgIpc) is 0.740. The summed E-state index contributed by atoms with van der Waals surface area (Å²) in [4.78, 5) is 0. The zero-order chi connectivity index (χ0) is 61.4. The molecule has 2 nitrogen and oxygen atoms in total. The van der Waals surface area contributed by atoms with Crippen LogP contribution in [0.4, 0.5) is 0 Å². The van der Waals surface area contributed by atoms with E-state index in [0.717, 1.165) is 0 Å². The Morgan fingerprint density at radius 1 is 0.135 bits per heavy atom. The Kier molecular flexibility index (Phi) is 23.3. The Bertz CT molecular complexity index is 4360. The van der Waals surface area contributed by atoms with Gasteiger partial charge in [0.15, 0.2) is 0 Å². The smallest absolute Gasteiger partial charge is 0 e. The monoisotopic (exact) mass is 1490 g/mol. The maximum Gasteiger partial charge on any atom is 0 e. The standard InChI is InChI=1S/2C44H32P2.2H2O.2Rh/c2*1-5-19-35(20-6-1)45(36-21-7-2-8-22-36)41-31-29-33-17-13-15-27-39(33)43(41)44-40-28-16-14-18-34(40)30-32-42(44)46(37-23-9-3-10-24-37)38-25-11-4-12-26-38;;;;/h2*1-32H;2*1H2;;. The first kappa shape index (κ1) is 68.8. The van der Waals surface area contributed by atoms with Crippen molar-refractivity contribution in [1.82, 2.24) is 0 Å². The predicted molar refractivity (Wildman–Crippen MR) is 416 cm³/mol. The van der Waals surface area contributed by atoms with Crippen LogP contribution in [0.1, 0.15) is 0 Å². The molecule has 16 aromatic rings. The molecular formula is C88H68O2P4Rh2. The number of hydrogen-bond donors (Lipinski definition) is 0. The van der Waals surface area contributed by atoms with Crippen molar-refractivity contribution in [3.63, 3.8) is 0 Å². The second kappa shape index (κ2) is 32.5. The number of benzene rings is 16. The zero-order valence-electron chi connectivity index (χ0n) is 52.4. The molecule has 16 aromatic carbocycles. The molecule has 0 aliphatic rings. The quantitative estimate of drug-likeness (QED) is 0.0769. The Labute approximate surface area is 594 Å². The van der Waals surface area contributed by atoms with Gasteiger partial charge in [0.05, 0.1) is 0 Å². The first-order chi connectivity index (χ1) is 45.7. The maximum absolute atomic E-state index is 2.42. The molecule has 0 bridgehead atoms. The molecule has 0 aliphatic heterocycles. The first-order valence-electron chi connectivity index (χ1n) is 31.4. The van der Waals surface area contributed by atoms with Gasteiger partial charge in [-0.1, -0.05) is 388 Å². The predicted octanol–water partition coefficient (Wildman–Crippen LogP) is 16.7. The largest absolute Gasteiger partial charge is 0.412 e. The van der Waals surface area contributed by atoms with Gasteiger partial charge in [0.25, 0.3) is 0 Å². The van der Waals surface area contributed by atoms with Gasteiger partial charge >= 0.3 is 0 Å². The second-order valence-electron chi connectivity index (χ2n) is 22.7. The van der Waals surface area contributed by atoms with E-state index in [1.165, 1.54) is 129 Å². The van der Waals surface area contributed by atoms with Crippen molar-refractivity contribution in [2.75, 3.05) is 0 Å². The topological polar surface area (TPSA) is 63.0 Å². The van der Waals surface area contributed by atoms with Crippen LogP contribution in [0, 0.1) is 0 Å². The average molecular weight is 1490 g/mol. The summed E-state index contributed by atoms with van der Waals surface area (Å²) in [5.74, 6) is 0. The van der Waals surface area contributed by atoms with E-state index in [4.69, 9.17) is 0 Å². The van der Waals surface area contributed by atoms with Gasteiger partial charge in [-0.15, -0.1) is 0 Å². The summed E-state index contributed by atoms with van der Waals surface area (Å²) in [6, 6.07) is 144. The van der Waals surface area contributed by atoms with Crippen LogP contribution in [0.15, 0.2) is 388 Å². The molecule has 4 N–H and O–H groups in total. The summed E-state index contributed by atoms with van der Waals surface area (Å²) < 4.78 is 0. The van der Waals surface area contributed by atoms with Crippen molar-refractivity contribution in [2.45, 2.75) is 0 Å². The molecule has 0 spiro atoms. The number of fused-ring (bicyclic) bond motifs is 4. The van der Waals surface area contributed by atoms with E-state index in [0.29, 0.717) is 0 Å². The van der Waals surface area contributed by atoms with Crippen LogP contribution in [-0.2, 0) is 39.0 Å². The van der Waals surface area contributed by atoms with E-state index < -0.39 is 31.7 Å². The van der Waals surface area contributed by atoms with Gasteiger partial charge in [0.2, 0.25) is 0 Å². The van der Waals surface area contributed by atoms with Crippen molar-refractivity contribution in [3.8, 4) is 22.3 Å². The van der Waals surface area contributed by atoms with Crippen LogP contribution in [-0.4, -0.2) is 11.0 Å². The van der Waals surface area contributed by atoms with E-state index in [2.05, 4.69) is 388 Å². The molecule has 470 valence electrons. The molecule has 96 heavy (non-hydrogen) atoms. The summed E-state index contributed by atoms with van der Waals surface area (Å²) in [6.07, 6.45) is 0. The van der Waals surface area contributed by atoms with E-state index in [1.807, 2.05) is 0 Å². The summed E-state index contributed by atoms with van der Waals surface area (Å²) in [5.41, 5.74) is 5.40. The number of hydrogen-bond acceptors (Lipinski definition) is 0. The van der Waals surface area contributed by atoms with Crippen LogP contribution >= 0.6 is 31.7 Å². The second-order valence-corrected chi connectivity index (χ2v) is 31.5. The van der Waals surface area contributed by atoms with Gasteiger partial charge in [0.1, 0.15) is 0 Å². The summed E-state index contributed by atoms with van der Waals surface area (Å²) in [5, 5.41) is 26.7. The molecule has 0 saturated heterocycles. The summed E-state index contributed by atoms with van der Waals surface area (Å²) >= 11 is 0. The Hall–Kier alpha value is -8.55. The third-order valence-corrected chi connectivity index (χ3v) is 27.1. The van der Waals surface area contributed by atoms with Crippen LogP contribution < -0.4 is 63.7 Å². The SMILES string of the molecule is O.O.[Rh].[Rh].c1ccc(P(c2ccccc2)c2ccc3ccccc3c2-c2c(P(c3ccccc3)c3ccccc3)ccc3ccccc23)cc1.c1ccc(P(c2ccccc2)c2ccc3ccccc3c2-c2c(P(c3ccccc3)c3ccccc3)ccc3ccccc23)cc1. The maximum atomic E-state index is 2.42. The molecule has 0 heterocycles. The molecule has 0 atom stereocenters. The van der Waals surface area contributed by atoms with E-state index in [1.54, 1.807) is 0 Å². The van der Waals surface area contributed by atoms with Crippen LogP contribution in [0.5, 0.6) is 0 Å². The molecule has 0 unspecified atom stereocenters. The minimum Gasteiger partial charge on any atom is -0.412 e. The fourth-order valence-corrected chi connectivity index (χ4v) is 23.1. The van der Waals surface area contributed by atoms with E-state index in [9.17, 15) is 0 Å². The van der Waals surface area contributed by atoms with Crippen LogP contribution in [0.2, 0.25) is 0 Å². The fourth-order valence-electron chi connectivity index (χ4n) is 13.2. The van der Waals surface area contributed by atoms with Crippen molar-refractivity contribution in [2.24, 2.45) is 0 Å². The van der Waals surface area contributed by atoms with Gasteiger partial charge in [0, 0.05) is 39.0 Å².